The number of ether oxygens (including phenoxy) is 2. The fourth-order valence-corrected chi connectivity index (χ4v) is 4.74. The molecule has 0 amide bonds. The molecule has 0 aromatic heterocycles. The van der Waals surface area contributed by atoms with Gasteiger partial charge in [-0.1, -0.05) is 24.3 Å². The Morgan fingerprint density at radius 2 is 1.96 bits per heavy atom. The fourth-order valence-electron chi connectivity index (χ4n) is 3.49. The molecule has 28 heavy (non-hydrogen) atoms. The molecule has 0 saturated carbocycles. The summed E-state index contributed by atoms with van der Waals surface area (Å²) in [6.07, 6.45) is 2.74. The highest BCUT2D eigenvalue weighted by atomic mass is 32.2. The van der Waals surface area contributed by atoms with Crippen molar-refractivity contribution in [1.82, 2.24) is 4.72 Å². The van der Waals surface area contributed by atoms with Crippen molar-refractivity contribution in [1.29, 1.82) is 0 Å². The Hall–Kier alpha value is -2.45. The van der Waals surface area contributed by atoms with Crippen molar-refractivity contribution in [2.75, 3.05) is 6.54 Å². The Labute approximate surface area is 162 Å². The van der Waals surface area contributed by atoms with Gasteiger partial charge in [0.05, 0.1) is 4.91 Å². The summed E-state index contributed by atoms with van der Waals surface area (Å²) in [5.41, 5.74) is 2.55. The van der Waals surface area contributed by atoms with E-state index in [2.05, 4.69) is 9.46 Å². The predicted octanol–water partition coefficient (Wildman–Crippen LogP) is 3.50. The minimum Gasteiger partial charge on any atom is -0.488 e. The number of allylic oxidation sites excluding steroid dienone is 1. The van der Waals surface area contributed by atoms with Gasteiger partial charge in [-0.2, -0.15) is 8.78 Å². The Bertz CT molecular complexity index is 996. The molecule has 0 spiro atoms. The van der Waals surface area contributed by atoms with Crippen LogP contribution in [-0.2, 0) is 22.9 Å². The first kappa shape index (κ1) is 18.9. The fraction of sp³-hybridized carbons (Fsp3) is 0.300. The third kappa shape index (κ3) is 4.02. The summed E-state index contributed by atoms with van der Waals surface area (Å²) in [5.74, 6) is 0.865. The lowest BCUT2D eigenvalue weighted by atomic mass is 9.97. The zero-order chi connectivity index (χ0) is 19.7. The lowest BCUT2D eigenvalue weighted by molar-refractivity contribution is -0.0498. The van der Waals surface area contributed by atoms with E-state index in [1.807, 2.05) is 24.3 Å². The number of aryl methyl sites for hydroxylation is 1. The molecule has 1 atom stereocenters. The summed E-state index contributed by atoms with van der Waals surface area (Å²) < 4.78 is 62.8. The van der Waals surface area contributed by atoms with Gasteiger partial charge in [-0.05, 0) is 53.8 Å². The lowest BCUT2D eigenvalue weighted by Crippen LogP contribution is -2.35. The number of sulfonamides is 1. The molecule has 2 aromatic carbocycles. The summed E-state index contributed by atoms with van der Waals surface area (Å²) in [6.45, 7) is -2.70. The van der Waals surface area contributed by atoms with Crippen molar-refractivity contribution in [3.05, 3.63) is 64.1 Å². The standard InChI is InChI=1S/C20H19F2NO4S/c21-20(22)27-16-7-5-14-11-18(8-6-13(14)9-16)28(24,25)23-12-17-10-15-3-1-2-4-19(15)26-17/h1-5,7,9,11,17,20,23H,6,8,10,12H2. The average molecular weight is 407 g/mol. The molecule has 2 aliphatic rings. The van der Waals surface area contributed by atoms with Crippen molar-refractivity contribution in [2.45, 2.75) is 32.0 Å². The quantitative estimate of drug-likeness (QED) is 0.796. The van der Waals surface area contributed by atoms with Gasteiger partial charge in [0.15, 0.2) is 0 Å². The van der Waals surface area contributed by atoms with E-state index in [1.165, 1.54) is 12.1 Å². The van der Waals surface area contributed by atoms with E-state index in [1.54, 1.807) is 12.1 Å². The monoisotopic (exact) mass is 407 g/mol. The number of para-hydroxylation sites is 1. The van der Waals surface area contributed by atoms with Crippen LogP contribution in [0.25, 0.3) is 6.08 Å². The van der Waals surface area contributed by atoms with Crippen LogP contribution >= 0.6 is 0 Å². The zero-order valence-electron chi connectivity index (χ0n) is 14.9. The van der Waals surface area contributed by atoms with Gasteiger partial charge in [0.25, 0.3) is 0 Å². The van der Waals surface area contributed by atoms with Gasteiger partial charge in [0.1, 0.15) is 17.6 Å². The van der Waals surface area contributed by atoms with Gasteiger partial charge in [-0.15, -0.1) is 0 Å². The van der Waals surface area contributed by atoms with Gasteiger partial charge in [0, 0.05) is 13.0 Å². The van der Waals surface area contributed by atoms with Crippen LogP contribution in [0.15, 0.2) is 47.4 Å². The molecule has 4 rings (SSSR count). The maximum absolute atomic E-state index is 12.7. The molecule has 5 nitrogen and oxygen atoms in total. The van der Waals surface area contributed by atoms with Crippen LogP contribution in [0.1, 0.15) is 23.1 Å². The molecule has 1 heterocycles. The van der Waals surface area contributed by atoms with Gasteiger partial charge in [0.2, 0.25) is 10.0 Å². The average Bonchev–Trinajstić information content (AvgIpc) is 3.08. The van der Waals surface area contributed by atoms with E-state index in [9.17, 15) is 17.2 Å². The first-order valence-electron chi connectivity index (χ1n) is 8.93. The third-order valence-electron chi connectivity index (χ3n) is 4.86. The summed E-state index contributed by atoms with van der Waals surface area (Å²) in [5, 5.41) is 0. The van der Waals surface area contributed by atoms with Crippen LogP contribution < -0.4 is 14.2 Å². The van der Waals surface area contributed by atoms with Gasteiger partial charge < -0.3 is 9.47 Å². The van der Waals surface area contributed by atoms with Crippen LogP contribution in [0.2, 0.25) is 0 Å². The number of hydrogen-bond acceptors (Lipinski definition) is 4. The van der Waals surface area contributed by atoms with Crippen LogP contribution in [0, 0.1) is 0 Å². The molecule has 1 aliphatic carbocycles. The number of fused-ring (bicyclic) bond motifs is 2. The molecular formula is C20H19F2NO4S. The molecular weight excluding hydrogens is 388 g/mol. The largest absolute Gasteiger partial charge is 0.488 e. The maximum atomic E-state index is 12.7. The molecule has 1 N–H and O–H groups in total. The molecule has 0 fully saturated rings. The van der Waals surface area contributed by atoms with E-state index in [0.29, 0.717) is 24.8 Å². The van der Waals surface area contributed by atoms with Gasteiger partial charge >= 0.3 is 6.61 Å². The maximum Gasteiger partial charge on any atom is 0.387 e. The molecule has 0 bridgehead atoms. The third-order valence-corrected chi connectivity index (χ3v) is 6.42. The molecule has 1 unspecified atom stereocenters. The summed E-state index contributed by atoms with van der Waals surface area (Å²) in [7, 11) is -3.65. The number of alkyl halides is 2. The highest BCUT2D eigenvalue weighted by Gasteiger charge is 2.27. The first-order valence-corrected chi connectivity index (χ1v) is 10.4. The molecule has 0 saturated heterocycles. The zero-order valence-corrected chi connectivity index (χ0v) is 15.7. The summed E-state index contributed by atoms with van der Waals surface area (Å²) >= 11 is 0. The predicted molar refractivity (Wildman–Crippen MR) is 101 cm³/mol. The minimum absolute atomic E-state index is 0.0736. The van der Waals surface area contributed by atoms with Crippen molar-refractivity contribution in [3.63, 3.8) is 0 Å². The number of halogens is 2. The molecule has 0 radical (unpaired) electrons. The number of benzene rings is 2. The second-order valence-corrected chi connectivity index (χ2v) is 8.57. The molecule has 8 heteroatoms. The Morgan fingerprint density at radius 3 is 2.75 bits per heavy atom. The van der Waals surface area contributed by atoms with E-state index in [0.717, 1.165) is 16.9 Å². The topological polar surface area (TPSA) is 64.6 Å². The lowest BCUT2D eigenvalue weighted by Gasteiger charge is -2.19. The van der Waals surface area contributed by atoms with E-state index < -0.39 is 16.6 Å². The van der Waals surface area contributed by atoms with Gasteiger partial charge in [-0.25, -0.2) is 13.1 Å². The highest BCUT2D eigenvalue weighted by molar-refractivity contribution is 7.93. The summed E-state index contributed by atoms with van der Waals surface area (Å²) in [6, 6.07) is 12.2. The van der Waals surface area contributed by atoms with Crippen LogP contribution in [0.4, 0.5) is 8.78 Å². The Balaban J connectivity index is 1.43. The van der Waals surface area contributed by atoms with Gasteiger partial charge in [-0.3, -0.25) is 0 Å². The van der Waals surface area contributed by atoms with Crippen LogP contribution in [0.3, 0.4) is 0 Å². The highest BCUT2D eigenvalue weighted by Crippen LogP contribution is 2.31. The first-order chi connectivity index (χ1) is 13.4. The Morgan fingerprint density at radius 1 is 1.14 bits per heavy atom. The number of rotatable bonds is 6. The molecule has 2 aromatic rings. The smallest absolute Gasteiger partial charge is 0.387 e. The van der Waals surface area contributed by atoms with Crippen LogP contribution in [0.5, 0.6) is 11.5 Å². The van der Waals surface area contributed by atoms with E-state index in [-0.39, 0.29) is 23.3 Å². The minimum atomic E-state index is -3.65. The van der Waals surface area contributed by atoms with Crippen LogP contribution in [-0.4, -0.2) is 27.7 Å². The Kier molecular flexibility index (Phi) is 5.07. The van der Waals surface area contributed by atoms with Crippen molar-refractivity contribution in [2.24, 2.45) is 0 Å². The van der Waals surface area contributed by atoms with Crippen molar-refractivity contribution in [3.8, 4) is 11.5 Å². The number of nitrogens with one attached hydrogen (secondary N) is 1. The van der Waals surface area contributed by atoms with E-state index in [4.69, 9.17) is 4.74 Å². The summed E-state index contributed by atoms with van der Waals surface area (Å²) in [4.78, 5) is 0.276. The number of hydrogen-bond donors (Lipinski definition) is 1. The van der Waals surface area contributed by atoms with Crippen molar-refractivity contribution < 1.29 is 26.7 Å². The second kappa shape index (κ2) is 7.52. The van der Waals surface area contributed by atoms with E-state index >= 15 is 0 Å². The normalized spacial score (nSPS) is 18.2. The van der Waals surface area contributed by atoms with Crippen molar-refractivity contribution >= 4 is 16.1 Å². The molecule has 148 valence electrons. The SMILES string of the molecule is O=S(=O)(NCC1Cc2ccccc2O1)C1=Cc2ccc(OC(F)F)cc2CC1. The molecule has 1 aliphatic heterocycles. The second-order valence-electron chi connectivity index (χ2n) is 6.75.